The quantitative estimate of drug-likeness (QED) is 0.777. The lowest BCUT2D eigenvalue weighted by Crippen LogP contribution is -2.21. The monoisotopic (exact) mass is 198 g/mol. The molecule has 13 heavy (non-hydrogen) atoms. The lowest BCUT2D eigenvalue weighted by molar-refractivity contribution is -0.140. The minimum absolute atomic E-state index is 0.384. The van der Waals surface area contributed by atoms with Gasteiger partial charge in [0, 0.05) is 0 Å². The van der Waals surface area contributed by atoms with Gasteiger partial charge in [-0.15, -0.1) is 0 Å². The van der Waals surface area contributed by atoms with Crippen LogP contribution in [0.1, 0.15) is 18.5 Å². The van der Waals surface area contributed by atoms with Crippen molar-refractivity contribution in [2.45, 2.75) is 18.3 Å². The molecule has 0 radical (unpaired) electrons. The van der Waals surface area contributed by atoms with E-state index in [2.05, 4.69) is 10.2 Å². The molecular formula is C8H7ClN2O2. The summed E-state index contributed by atoms with van der Waals surface area (Å²) >= 11 is 5.83. The molecule has 1 aromatic rings. The van der Waals surface area contributed by atoms with E-state index in [9.17, 15) is 4.79 Å². The predicted molar refractivity (Wildman–Crippen MR) is 45.6 cm³/mol. The molecule has 1 heterocycles. The van der Waals surface area contributed by atoms with Crippen molar-refractivity contribution in [2.75, 3.05) is 0 Å². The largest absolute Gasteiger partial charge is 0.481 e. The Balaban J connectivity index is 2.47. The lowest BCUT2D eigenvalue weighted by atomic mass is 10.0. The summed E-state index contributed by atoms with van der Waals surface area (Å²) in [5.74, 6) is -0.866. The van der Waals surface area contributed by atoms with Crippen molar-refractivity contribution in [2.24, 2.45) is 0 Å². The van der Waals surface area contributed by atoms with E-state index in [-0.39, 0.29) is 0 Å². The zero-order chi connectivity index (χ0) is 9.47. The number of hydrogen-bond donors (Lipinski definition) is 1. The highest BCUT2D eigenvalue weighted by atomic mass is 35.5. The van der Waals surface area contributed by atoms with Crippen LogP contribution in [0.2, 0.25) is 5.02 Å². The van der Waals surface area contributed by atoms with Crippen molar-refractivity contribution >= 4 is 17.6 Å². The molecule has 0 bridgehead atoms. The van der Waals surface area contributed by atoms with Crippen LogP contribution in [0.5, 0.6) is 0 Å². The number of carboxylic acids is 1. The summed E-state index contributed by atoms with van der Waals surface area (Å²) in [6.07, 6.45) is 2.64. The van der Waals surface area contributed by atoms with Gasteiger partial charge in [0.15, 0.2) is 0 Å². The van der Waals surface area contributed by atoms with Crippen LogP contribution in [-0.2, 0) is 10.2 Å². The maximum atomic E-state index is 10.9. The molecule has 0 aliphatic heterocycles. The van der Waals surface area contributed by atoms with Gasteiger partial charge in [0.1, 0.15) is 5.41 Å². The summed E-state index contributed by atoms with van der Waals surface area (Å²) in [5.41, 5.74) is -0.463. The van der Waals surface area contributed by atoms with Crippen LogP contribution >= 0.6 is 11.6 Å². The van der Waals surface area contributed by atoms with Crippen molar-refractivity contribution in [3.8, 4) is 0 Å². The van der Waals surface area contributed by atoms with Crippen LogP contribution in [-0.4, -0.2) is 21.3 Å². The number of aliphatic carboxylic acids is 1. The fourth-order valence-corrected chi connectivity index (χ4v) is 1.59. The Bertz CT molecular complexity index is 363. The Kier molecular flexibility index (Phi) is 1.73. The van der Waals surface area contributed by atoms with E-state index in [1.165, 1.54) is 6.20 Å². The molecule has 1 aromatic heterocycles. The van der Waals surface area contributed by atoms with E-state index in [1.807, 2.05) is 0 Å². The molecule has 0 aromatic carbocycles. The SMILES string of the molecule is O=C(O)C1(c2nnccc2Cl)CC1. The Morgan fingerprint density at radius 3 is 2.77 bits per heavy atom. The molecule has 1 aliphatic carbocycles. The number of nitrogens with zero attached hydrogens (tertiary/aromatic N) is 2. The summed E-state index contributed by atoms with van der Waals surface area (Å²) in [4.78, 5) is 10.9. The molecule has 1 saturated carbocycles. The van der Waals surface area contributed by atoms with Crippen LogP contribution < -0.4 is 0 Å². The third-order valence-electron chi connectivity index (χ3n) is 2.28. The second-order valence-corrected chi connectivity index (χ2v) is 3.52. The number of hydrogen-bond acceptors (Lipinski definition) is 3. The van der Waals surface area contributed by atoms with Gasteiger partial charge in [-0.1, -0.05) is 11.6 Å². The van der Waals surface area contributed by atoms with E-state index in [0.29, 0.717) is 23.6 Å². The third-order valence-corrected chi connectivity index (χ3v) is 2.59. The molecule has 1 aliphatic rings. The van der Waals surface area contributed by atoms with Crippen LogP contribution in [0.15, 0.2) is 12.3 Å². The summed E-state index contributed by atoms with van der Waals surface area (Å²) in [6, 6.07) is 1.56. The minimum atomic E-state index is -0.866. The average molecular weight is 199 g/mol. The van der Waals surface area contributed by atoms with Gasteiger partial charge in [0.05, 0.1) is 16.9 Å². The van der Waals surface area contributed by atoms with E-state index in [1.54, 1.807) is 6.07 Å². The summed E-state index contributed by atoms with van der Waals surface area (Å²) in [5, 5.41) is 16.7. The topological polar surface area (TPSA) is 63.1 Å². The molecular weight excluding hydrogens is 192 g/mol. The first-order valence-electron chi connectivity index (χ1n) is 3.88. The van der Waals surface area contributed by atoms with Gasteiger partial charge in [0.2, 0.25) is 0 Å². The van der Waals surface area contributed by atoms with Crippen LogP contribution in [0, 0.1) is 0 Å². The fraction of sp³-hybridized carbons (Fsp3) is 0.375. The van der Waals surface area contributed by atoms with Gasteiger partial charge in [-0.2, -0.15) is 10.2 Å². The summed E-state index contributed by atoms with van der Waals surface area (Å²) in [6.45, 7) is 0. The van der Waals surface area contributed by atoms with E-state index in [0.717, 1.165) is 0 Å². The second kappa shape index (κ2) is 2.67. The second-order valence-electron chi connectivity index (χ2n) is 3.12. The van der Waals surface area contributed by atoms with Crippen molar-refractivity contribution in [1.29, 1.82) is 0 Å². The normalized spacial score (nSPS) is 18.2. The summed E-state index contributed by atoms with van der Waals surface area (Å²) in [7, 11) is 0. The van der Waals surface area contributed by atoms with Crippen molar-refractivity contribution < 1.29 is 9.90 Å². The summed E-state index contributed by atoms with van der Waals surface area (Å²) < 4.78 is 0. The molecule has 0 unspecified atom stereocenters. The first-order valence-corrected chi connectivity index (χ1v) is 4.26. The van der Waals surface area contributed by atoms with Gasteiger partial charge < -0.3 is 5.11 Å². The Hall–Kier alpha value is -1.16. The molecule has 0 spiro atoms. The Morgan fingerprint density at radius 2 is 2.31 bits per heavy atom. The number of aromatic nitrogens is 2. The van der Waals surface area contributed by atoms with Gasteiger partial charge in [0.25, 0.3) is 0 Å². The lowest BCUT2D eigenvalue weighted by Gasteiger charge is -2.08. The van der Waals surface area contributed by atoms with Crippen molar-refractivity contribution in [3.05, 3.63) is 23.0 Å². The zero-order valence-electron chi connectivity index (χ0n) is 6.70. The van der Waals surface area contributed by atoms with E-state index >= 15 is 0 Å². The molecule has 1 N–H and O–H groups in total. The number of rotatable bonds is 2. The zero-order valence-corrected chi connectivity index (χ0v) is 7.45. The molecule has 0 saturated heterocycles. The van der Waals surface area contributed by atoms with Gasteiger partial charge >= 0.3 is 5.97 Å². The molecule has 68 valence electrons. The smallest absolute Gasteiger partial charge is 0.315 e. The molecule has 1 fully saturated rings. The van der Waals surface area contributed by atoms with Gasteiger partial charge in [-0.25, -0.2) is 0 Å². The van der Waals surface area contributed by atoms with Crippen LogP contribution in [0.4, 0.5) is 0 Å². The van der Waals surface area contributed by atoms with Gasteiger partial charge in [-0.3, -0.25) is 4.79 Å². The van der Waals surface area contributed by atoms with Crippen LogP contribution in [0.3, 0.4) is 0 Å². The Labute approximate surface area is 79.6 Å². The van der Waals surface area contributed by atoms with Crippen LogP contribution in [0.25, 0.3) is 0 Å². The molecule has 5 heteroatoms. The highest BCUT2D eigenvalue weighted by Gasteiger charge is 2.54. The fourth-order valence-electron chi connectivity index (χ4n) is 1.32. The molecule has 2 rings (SSSR count). The highest BCUT2D eigenvalue weighted by Crippen LogP contribution is 2.49. The first-order chi connectivity index (χ1) is 6.17. The van der Waals surface area contributed by atoms with Crippen molar-refractivity contribution in [1.82, 2.24) is 10.2 Å². The third kappa shape index (κ3) is 1.18. The number of carbonyl (C=O) groups is 1. The Morgan fingerprint density at radius 1 is 1.62 bits per heavy atom. The predicted octanol–water partition coefficient (Wildman–Crippen LogP) is 1.25. The minimum Gasteiger partial charge on any atom is -0.481 e. The molecule has 4 nitrogen and oxygen atoms in total. The maximum Gasteiger partial charge on any atom is 0.315 e. The highest BCUT2D eigenvalue weighted by molar-refractivity contribution is 6.31. The molecule has 0 amide bonds. The first kappa shape index (κ1) is 8.44. The van der Waals surface area contributed by atoms with Crippen molar-refractivity contribution in [3.63, 3.8) is 0 Å². The van der Waals surface area contributed by atoms with E-state index < -0.39 is 11.4 Å². The van der Waals surface area contributed by atoms with Gasteiger partial charge in [-0.05, 0) is 18.9 Å². The number of carboxylic acid groups (broad SMARTS) is 1. The maximum absolute atomic E-state index is 10.9. The standard InChI is InChI=1S/C8H7ClN2O2/c9-5-1-4-10-11-6(5)8(2-3-8)7(12)13/h1,4H,2-3H2,(H,12,13). The molecule has 0 atom stereocenters. The van der Waals surface area contributed by atoms with E-state index in [4.69, 9.17) is 16.7 Å². The average Bonchev–Trinajstić information content (AvgIpc) is 2.85. The number of halogens is 1.